The number of nitrogens with one attached hydrogen (secondary N) is 3. The quantitative estimate of drug-likeness (QED) is 0.0958. The number of Topliss-reactive ketones (excluding diaryl/α,β-unsaturated/α-hetero) is 1. The van der Waals surface area contributed by atoms with Crippen LogP contribution in [0.5, 0.6) is 0 Å². The molecule has 0 aliphatic heterocycles. The van der Waals surface area contributed by atoms with Gasteiger partial charge in [0, 0.05) is 6.42 Å². The van der Waals surface area contributed by atoms with Gasteiger partial charge < -0.3 is 43.0 Å². The molecule has 0 saturated heterocycles. The number of esters is 1. The minimum atomic E-state index is -1.48. The van der Waals surface area contributed by atoms with Gasteiger partial charge in [-0.2, -0.15) is 0 Å². The van der Waals surface area contributed by atoms with Crippen LogP contribution in [0.4, 0.5) is 0 Å². The Morgan fingerprint density at radius 1 is 0.739 bits per heavy atom. The fraction of sp³-hybridized carbons (Fsp3) is 0.419. The number of hydrogen-bond acceptors (Lipinski definition) is 10. The molecule has 2 rings (SSSR count). The third-order valence-electron chi connectivity index (χ3n) is 6.75. The van der Waals surface area contributed by atoms with Gasteiger partial charge in [-0.1, -0.05) is 74.5 Å². The Morgan fingerprint density at radius 3 is 1.80 bits per heavy atom. The van der Waals surface area contributed by atoms with E-state index in [0.29, 0.717) is 5.56 Å². The molecule has 2 aromatic rings. The highest BCUT2D eigenvalue weighted by atomic mass is 35.5. The van der Waals surface area contributed by atoms with Crippen LogP contribution in [0.3, 0.4) is 0 Å². The van der Waals surface area contributed by atoms with E-state index >= 15 is 0 Å². The van der Waals surface area contributed by atoms with E-state index in [1.54, 1.807) is 68.4 Å². The van der Waals surface area contributed by atoms with E-state index in [9.17, 15) is 28.8 Å². The van der Waals surface area contributed by atoms with Crippen LogP contribution in [0, 0.1) is 5.92 Å². The summed E-state index contributed by atoms with van der Waals surface area (Å²) in [7, 11) is 0. The van der Waals surface area contributed by atoms with Crippen LogP contribution >= 0.6 is 12.4 Å². The van der Waals surface area contributed by atoms with Crippen molar-refractivity contribution in [3.8, 4) is 0 Å². The van der Waals surface area contributed by atoms with E-state index in [0.717, 1.165) is 5.56 Å². The van der Waals surface area contributed by atoms with Crippen LogP contribution in [-0.2, 0) is 46.5 Å². The summed E-state index contributed by atoms with van der Waals surface area (Å²) in [6.45, 7) is 2.55. The average molecular weight is 663 g/mol. The Labute approximate surface area is 273 Å². The maximum absolute atomic E-state index is 13.5. The molecule has 0 spiro atoms. The molecule has 0 aromatic heterocycles. The Balaban J connectivity index is 0.0000106. The second-order valence-corrected chi connectivity index (χ2v) is 10.9. The van der Waals surface area contributed by atoms with Crippen LogP contribution in [0.25, 0.3) is 0 Å². The van der Waals surface area contributed by atoms with Gasteiger partial charge in [-0.15, -0.1) is 12.4 Å². The largest absolute Gasteiger partial charge is 0.460 e. The lowest BCUT2D eigenvalue weighted by molar-refractivity contribution is -0.148. The summed E-state index contributed by atoms with van der Waals surface area (Å²) in [4.78, 5) is 76.3. The van der Waals surface area contributed by atoms with Crippen LogP contribution in [-0.4, -0.2) is 77.3 Å². The van der Waals surface area contributed by atoms with Gasteiger partial charge in [-0.3, -0.25) is 28.8 Å². The van der Waals surface area contributed by atoms with E-state index < -0.39 is 91.0 Å². The van der Waals surface area contributed by atoms with Crippen LogP contribution in [0.1, 0.15) is 37.8 Å². The molecule has 14 nitrogen and oxygen atoms in total. The fourth-order valence-electron chi connectivity index (χ4n) is 4.20. The van der Waals surface area contributed by atoms with Gasteiger partial charge in [-0.25, -0.2) is 0 Å². The third kappa shape index (κ3) is 13.3. The highest BCUT2D eigenvalue weighted by Crippen LogP contribution is 2.11. The number of aliphatic hydroxyl groups excluding tert-OH is 1. The number of nitrogens with two attached hydrogens (primary N) is 3. The molecule has 0 bridgehead atoms. The third-order valence-corrected chi connectivity index (χ3v) is 6.75. The first-order chi connectivity index (χ1) is 21.3. The first-order valence-electron chi connectivity index (χ1n) is 14.4. The van der Waals surface area contributed by atoms with Gasteiger partial charge in [0.15, 0.2) is 5.78 Å². The average Bonchev–Trinajstić information content (AvgIpc) is 3.01. The van der Waals surface area contributed by atoms with Crippen molar-refractivity contribution < 1.29 is 38.6 Å². The lowest BCUT2D eigenvalue weighted by Crippen LogP contribution is -2.59. The molecule has 0 fully saturated rings. The molecular formula is C31H43ClN6O8. The summed E-state index contributed by atoms with van der Waals surface area (Å²) in [5, 5.41) is 16.5. The first-order valence-corrected chi connectivity index (χ1v) is 14.4. The van der Waals surface area contributed by atoms with Crippen molar-refractivity contribution in [2.45, 2.75) is 69.9 Å². The Hall–Kier alpha value is -4.37. The van der Waals surface area contributed by atoms with Gasteiger partial charge in [0.1, 0.15) is 30.8 Å². The number of halogens is 1. The number of ketones is 1. The normalized spacial score (nSPS) is 14.0. The van der Waals surface area contributed by atoms with Crippen LogP contribution in [0.15, 0.2) is 60.7 Å². The summed E-state index contributed by atoms with van der Waals surface area (Å²) in [5.74, 6) is -5.29. The number of carbonyl (C=O) groups excluding carboxylic acids is 6. The molecule has 5 atom stereocenters. The van der Waals surface area contributed by atoms with Crippen LogP contribution in [0.2, 0.25) is 0 Å². The van der Waals surface area contributed by atoms with Crippen molar-refractivity contribution in [3.63, 3.8) is 0 Å². The number of primary amides is 1. The molecule has 0 unspecified atom stereocenters. The second-order valence-electron chi connectivity index (χ2n) is 10.9. The molecule has 252 valence electrons. The topological polar surface area (TPSA) is 246 Å². The molecule has 2 aromatic carbocycles. The number of carbonyl (C=O) groups is 6. The molecule has 46 heavy (non-hydrogen) atoms. The smallest absolute Gasteiger partial charge is 0.323 e. The Morgan fingerprint density at radius 2 is 1.28 bits per heavy atom. The minimum Gasteiger partial charge on any atom is -0.460 e. The van der Waals surface area contributed by atoms with Gasteiger partial charge in [0.2, 0.25) is 23.6 Å². The zero-order valence-electron chi connectivity index (χ0n) is 25.7. The summed E-state index contributed by atoms with van der Waals surface area (Å²) >= 11 is 0. The predicted octanol–water partition coefficient (Wildman–Crippen LogP) is -1.01. The predicted molar refractivity (Wildman–Crippen MR) is 171 cm³/mol. The SMILES string of the molecule is CC(C)[C@H](NC(=O)[C@H](CC(N)=O)NC(=O)[C@@H](N)CO)C(=O)N[C@@H](Cc1ccccc1)C(=O)C[C@H](N)C(=O)OCc1ccccc1.Cl. The summed E-state index contributed by atoms with van der Waals surface area (Å²) < 4.78 is 5.25. The van der Waals surface area contributed by atoms with Crippen molar-refractivity contribution in [1.29, 1.82) is 0 Å². The van der Waals surface area contributed by atoms with E-state index in [4.69, 9.17) is 27.0 Å². The molecular weight excluding hydrogens is 620 g/mol. The van der Waals surface area contributed by atoms with E-state index in [-0.39, 0.29) is 25.4 Å². The van der Waals surface area contributed by atoms with Crippen molar-refractivity contribution >= 4 is 47.8 Å². The number of aliphatic hydroxyl groups is 1. The van der Waals surface area contributed by atoms with E-state index in [1.807, 2.05) is 6.07 Å². The standard InChI is InChI=1S/C31H42N6O8.ClH/c1-18(2)27(37-29(42)24(15-26(34)40)36-28(41)22(33)16-38)30(43)35-23(13-19-9-5-3-6-10-19)25(39)14-21(32)31(44)45-17-20-11-7-4-8-12-20;/h3-12,18,21-24,27,38H,13-17,32-33H2,1-2H3,(H2,34,40)(H,35,43)(H,36,41)(H,37,42);1H/t21-,22-,23-,24-,27-;/m0./s1. The maximum Gasteiger partial charge on any atom is 0.323 e. The minimum absolute atomic E-state index is 0. The number of amides is 4. The highest BCUT2D eigenvalue weighted by Gasteiger charge is 2.33. The first kappa shape index (κ1) is 39.7. The van der Waals surface area contributed by atoms with Crippen molar-refractivity contribution in [2.24, 2.45) is 23.1 Å². The number of benzene rings is 2. The van der Waals surface area contributed by atoms with Crippen molar-refractivity contribution in [2.75, 3.05) is 6.61 Å². The molecule has 10 N–H and O–H groups in total. The van der Waals surface area contributed by atoms with Crippen molar-refractivity contribution in [3.05, 3.63) is 71.8 Å². The molecule has 4 amide bonds. The lowest BCUT2D eigenvalue weighted by atomic mass is 9.96. The Bertz CT molecular complexity index is 1310. The van der Waals surface area contributed by atoms with E-state index in [1.165, 1.54) is 0 Å². The summed E-state index contributed by atoms with van der Waals surface area (Å²) in [6, 6.07) is 11.3. The molecule has 0 aliphatic carbocycles. The fourth-order valence-corrected chi connectivity index (χ4v) is 4.20. The highest BCUT2D eigenvalue weighted by molar-refractivity contribution is 5.97. The molecule has 0 saturated carbocycles. The maximum atomic E-state index is 13.5. The molecule has 0 radical (unpaired) electrons. The number of ether oxygens (including phenoxy) is 1. The van der Waals surface area contributed by atoms with Gasteiger partial charge in [0.05, 0.1) is 19.1 Å². The monoisotopic (exact) mass is 662 g/mol. The van der Waals surface area contributed by atoms with Gasteiger partial charge in [0.25, 0.3) is 0 Å². The van der Waals surface area contributed by atoms with Gasteiger partial charge >= 0.3 is 5.97 Å². The molecule has 0 aliphatic rings. The number of hydrogen-bond donors (Lipinski definition) is 7. The lowest BCUT2D eigenvalue weighted by Gasteiger charge is -2.27. The summed E-state index contributed by atoms with van der Waals surface area (Å²) in [6.07, 6.45) is -0.965. The van der Waals surface area contributed by atoms with Crippen LogP contribution < -0.4 is 33.2 Å². The molecule has 15 heteroatoms. The Kier molecular flexibility index (Phi) is 17.2. The second kappa shape index (κ2) is 19.9. The van der Waals surface area contributed by atoms with Gasteiger partial charge in [-0.05, 0) is 23.5 Å². The molecule has 0 heterocycles. The van der Waals surface area contributed by atoms with Crippen molar-refractivity contribution in [1.82, 2.24) is 16.0 Å². The number of rotatable bonds is 18. The summed E-state index contributed by atoms with van der Waals surface area (Å²) in [5.41, 5.74) is 18.2. The van der Waals surface area contributed by atoms with E-state index in [2.05, 4.69) is 16.0 Å². The zero-order chi connectivity index (χ0) is 33.5. The zero-order valence-corrected chi connectivity index (χ0v) is 26.5.